The van der Waals surface area contributed by atoms with Crippen LogP contribution in [-0.2, 0) is 28.5 Å². The Hall–Kier alpha value is -6.36. The quantitative estimate of drug-likeness (QED) is 0.0668. The Bertz CT molecular complexity index is 2700. The van der Waals surface area contributed by atoms with Gasteiger partial charge in [-0.2, -0.15) is 0 Å². The van der Waals surface area contributed by atoms with E-state index in [1.807, 2.05) is 35.2 Å². The van der Waals surface area contributed by atoms with Crippen molar-refractivity contribution in [3.8, 4) is 0 Å². The Morgan fingerprint density at radius 1 is 0.800 bits per heavy atom. The number of carbonyl (C=O) groups excluding carboxylic acids is 4. The number of hydrogen-bond acceptors (Lipinski definition) is 12. The number of aromatic nitrogens is 2. The van der Waals surface area contributed by atoms with Crippen LogP contribution in [0.15, 0.2) is 54.6 Å². The van der Waals surface area contributed by atoms with Crippen molar-refractivity contribution in [1.82, 2.24) is 35.7 Å². The standard InChI is InChI=1S/C53H71F2N9O10Si/c1-30(72-4)45(59-52(68)69)51(67)63-28-32(29-71-3)24-44(63)58-49(65)34-13-11-33(12-14-34)41-17-18-42(64(41)36-26-37(54)47(38(55)27-36)61-20-22-75(7,8)23-21-61)35-15-16-39-40(25-35)57-48(56-39)43-10-9-19-62(43)50(66)46(31(2)73-5)60-53(70)74-6/h11-16,25-27,30-32,41-46,59H,9-10,17-24,28-29H2,1-8H3,(H,56,57)(H,58,65)(H,60,70)(H,68,69)/t30-,31-,32+,41-,42-,43+,44+,45+,46+/m1/s1. The summed E-state index contributed by atoms with van der Waals surface area (Å²) in [5, 5.41) is 17.4. The fourth-order valence-electron chi connectivity index (χ4n) is 11.4. The predicted octanol–water partition coefficient (Wildman–Crippen LogP) is 7.10. The molecule has 4 aliphatic rings. The summed E-state index contributed by atoms with van der Waals surface area (Å²) in [6.07, 6.45) is -1.38. The fourth-order valence-corrected chi connectivity index (χ4v) is 13.4. The number of alkyl carbamates (subject to hydrolysis) is 1. The van der Waals surface area contributed by atoms with Crippen LogP contribution in [0.2, 0.25) is 25.2 Å². The molecule has 4 aromatic rings. The molecule has 0 bridgehead atoms. The maximum absolute atomic E-state index is 16.6. The minimum atomic E-state index is -1.44. The zero-order chi connectivity index (χ0) is 53.9. The molecule has 9 atom stereocenters. The molecule has 0 spiro atoms. The second kappa shape index (κ2) is 23.3. The smallest absolute Gasteiger partial charge is 0.407 e. The number of hydrogen-bond donors (Lipinski definition) is 5. The summed E-state index contributed by atoms with van der Waals surface area (Å²) in [7, 11) is 4.19. The lowest BCUT2D eigenvalue weighted by molar-refractivity contribution is -0.138. The van der Waals surface area contributed by atoms with Gasteiger partial charge in [0.2, 0.25) is 11.8 Å². The van der Waals surface area contributed by atoms with Gasteiger partial charge in [-0.1, -0.05) is 31.3 Å². The molecule has 4 fully saturated rings. The number of rotatable bonds is 17. The molecule has 75 heavy (non-hydrogen) atoms. The van der Waals surface area contributed by atoms with E-state index in [0.717, 1.165) is 35.2 Å². The lowest BCUT2D eigenvalue weighted by Crippen LogP contribution is -2.57. The van der Waals surface area contributed by atoms with E-state index in [0.29, 0.717) is 74.5 Å². The van der Waals surface area contributed by atoms with Gasteiger partial charge in [-0.25, -0.2) is 23.4 Å². The maximum Gasteiger partial charge on any atom is 0.407 e. The summed E-state index contributed by atoms with van der Waals surface area (Å²) >= 11 is 0. The first-order valence-electron chi connectivity index (χ1n) is 25.8. The van der Waals surface area contributed by atoms with Gasteiger partial charge in [0.05, 0.1) is 63.2 Å². The average Bonchev–Trinajstić information content (AvgIpc) is 4.23. The van der Waals surface area contributed by atoms with Gasteiger partial charge < -0.3 is 64.6 Å². The Morgan fingerprint density at radius 3 is 2.03 bits per heavy atom. The van der Waals surface area contributed by atoms with Crippen molar-refractivity contribution in [3.05, 3.63) is 88.7 Å². The van der Waals surface area contributed by atoms with Crippen molar-refractivity contribution < 1.29 is 56.8 Å². The van der Waals surface area contributed by atoms with Crippen molar-refractivity contribution >= 4 is 60.4 Å². The summed E-state index contributed by atoms with van der Waals surface area (Å²) < 4.78 is 54.1. The summed E-state index contributed by atoms with van der Waals surface area (Å²) in [5.74, 6) is -2.12. The number of ether oxygens (including phenoxy) is 4. The number of carbonyl (C=O) groups is 5. The Labute approximate surface area is 436 Å². The van der Waals surface area contributed by atoms with Crippen molar-refractivity contribution in [3.63, 3.8) is 0 Å². The van der Waals surface area contributed by atoms with E-state index in [9.17, 15) is 29.1 Å². The molecular formula is C53H71F2N9O10Si. The summed E-state index contributed by atoms with van der Waals surface area (Å²) in [6.45, 7) is 10.1. The number of methoxy groups -OCH3 is 4. The molecule has 4 aliphatic heterocycles. The molecule has 5 N–H and O–H groups in total. The molecule has 0 radical (unpaired) electrons. The van der Waals surface area contributed by atoms with Crippen LogP contribution in [-0.4, -0.2) is 155 Å². The number of H-pyrrole nitrogens is 1. The first kappa shape index (κ1) is 54.9. The van der Waals surface area contributed by atoms with Gasteiger partial charge in [0, 0.05) is 64.7 Å². The predicted molar refractivity (Wildman–Crippen MR) is 279 cm³/mol. The minimum absolute atomic E-state index is 0.0150. The van der Waals surface area contributed by atoms with Gasteiger partial charge in [-0.3, -0.25) is 14.4 Å². The number of nitrogens with one attached hydrogen (secondary N) is 4. The Kier molecular flexibility index (Phi) is 17.0. The van der Waals surface area contributed by atoms with Crippen LogP contribution in [0.4, 0.5) is 29.7 Å². The van der Waals surface area contributed by atoms with Gasteiger partial charge in [0.25, 0.3) is 5.91 Å². The van der Waals surface area contributed by atoms with E-state index >= 15 is 8.78 Å². The van der Waals surface area contributed by atoms with Crippen LogP contribution >= 0.6 is 0 Å². The molecule has 8 rings (SSSR count). The van der Waals surface area contributed by atoms with Crippen LogP contribution in [0.5, 0.6) is 0 Å². The van der Waals surface area contributed by atoms with E-state index < -0.39 is 80.2 Å². The van der Waals surface area contributed by atoms with Gasteiger partial charge in [0.15, 0.2) is 11.6 Å². The Balaban J connectivity index is 1.08. The highest BCUT2D eigenvalue weighted by Gasteiger charge is 2.43. The number of imidazole rings is 1. The van der Waals surface area contributed by atoms with Gasteiger partial charge in [-0.05, 0) is 106 Å². The highest BCUT2D eigenvalue weighted by molar-refractivity contribution is 6.77. The van der Waals surface area contributed by atoms with Crippen molar-refractivity contribution in [2.24, 2.45) is 5.92 Å². The first-order valence-corrected chi connectivity index (χ1v) is 29.2. The van der Waals surface area contributed by atoms with E-state index in [2.05, 4.69) is 38.9 Å². The number of likely N-dealkylation sites (tertiary alicyclic amines) is 2. The average molecular weight is 1060 g/mol. The van der Waals surface area contributed by atoms with Gasteiger partial charge >= 0.3 is 12.2 Å². The Morgan fingerprint density at radius 2 is 1.41 bits per heavy atom. The molecular weight excluding hydrogens is 989 g/mol. The highest BCUT2D eigenvalue weighted by Crippen LogP contribution is 2.49. The SMILES string of the molecule is COC[C@H]1C[C@@H](NC(=O)c2ccc([C@H]3CC[C@H](c4ccc5nc([C@@H]6CCCN6C(=O)[C@@H](NC(=O)OC)[C@@H](C)OC)[nH]c5c4)N3c3cc(F)c(N4CC[Si](C)(C)CC4)c(F)c3)cc2)N(C(=O)[C@@H](NC(=O)O)[C@@H](C)OC)C1. The summed E-state index contributed by atoms with van der Waals surface area (Å²) in [5.41, 5.74) is 3.76. The van der Waals surface area contributed by atoms with Crippen molar-refractivity contribution in [2.75, 3.05) is 71.0 Å². The molecule has 4 saturated heterocycles. The number of amides is 5. The van der Waals surface area contributed by atoms with Crippen LogP contribution in [0.3, 0.4) is 0 Å². The zero-order valence-electron chi connectivity index (χ0n) is 44.0. The third-order valence-corrected chi connectivity index (χ3v) is 18.9. The summed E-state index contributed by atoms with van der Waals surface area (Å²) in [6, 6.07) is 14.3. The van der Waals surface area contributed by atoms with E-state index in [1.165, 1.54) is 38.4 Å². The van der Waals surface area contributed by atoms with E-state index in [-0.39, 0.29) is 36.1 Å². The molecule has 0 unspecified atom stereocenters. The molecule has 22 heteroatoms. The number of aromatic amines is 1. The summed E-state index contributed by atoms with van der Waals surface area (Å²) in [4.78, 5) is 81.3. The number of nitrogens with zero attached hydrogens (tertiary/aromatic N) is 5. The first-order chi connectivity index (χ1) is 35.8. The van der Waals surface area contributed by atoms with Crippen LogP contribution < -0.4 is 25.8 Å². The zero-order valence-corrected chi connectivity index (χ0v) is 45.0. The van der Waals surface area contributed by atoms with Crippen molar-refractivity contribution in [1.29, 1.82) is 0 Å². The van der Waals surface area contributed by atoms with E-state index in [1.54, 1.807) is 38.0 Å². The molecule has 5 amide bonds. The normalized spacial score (nSPS) is 23.2. The van der Waals surface area contributed by atoms with Crippen LogP contribution in [0.1, 0.15) is 91.4 Å². The van der Waals surface area contributed by atoms with Crippen LogP contribution in [0.25, 0.3) is 11.0 Å². The number of carboxylic acid groups (broad SMARTS) is 1. The second-order valence-corrected chi connectivity index (χ2v) is 26.4. The van der Waals surface area contributed by atoms with E-state index in [4.69, 9.17) is 23.9 Å². The van der Waals surface area contributed by atoms with Crippen LogP contribution in [0, 0.1) is 17.6 Å². The largest absolute Gasteiger partial charge is 0.465 e. The third-order valence-electron chi connectivity index (χ3n) is 15.8. The molecule has 406 valence electrons. The monoisotopic (exact) mass is 1060 g/mol. The lowest BCUT2D eigenvalue weighted by Gasteiger charge is -2.38. The van der Waals surface area contributed by atoms with Gasteiger partial charge in [0.1, 0.15) is 29.8 Å². The molecule has 0 saturated carbocycles. The topological polar surface area (TPSA) is 220 Å². The number of benzene rings is 3. The van der Waals surface area contributed by atoms with Crippen molar-refractivity contribution in [2.45, 2.75) is 120 Å². The number of fused-ring (bicyclic) bond motifs is 1. The molecule has 5 heterocycles. The third kappa shape index (κ3) is 11.9. The minimum Gasteiger partial charge on any atom is -0.465 e. The van der Waals surface area contributed by atoms with Gasteiger partial charge in [-0.15, -0.1) is 0 Å². The molecule has 0 aliphatic carbocycles. The lowest BCUT2D eigenvalue weighted by atomic mass is 10.0. The molecule has 1 aromatic heterocycles. The fraction of sp³-hybridized carbons (Fsp3) is 0.547. The molecule has 19 nitrogen and oxygen atoms in total. The highest BCUT2D eigenvalue weighted by atomic mass is 28.3. The number of anilines is 2. The molecule has 3 aromatic carbocycles. The maximum atomic E-state index is 16.6. The second-order valence-electron chi connectivity index (χ2n) is 21.1. The number of halogens is 2.